The lowest BCUT2D eigenvalue weighted by atomic mass is 10.1. The first-order chi connectivity index (χ1) is 26.8. The zero-order valence-corrected chi connectivity index (χ0v) is 36.2. The minimum Gasteiger partial charge on any atom is -0.462 e. The van der Waals surface area contributed by atoms with E-state index in [2.05, 4.69) is 67.0 Å². The number of hydrogen-bond acceptors (Lipinski definition) is 6. The van der Waals surface area contributed by atoms with Crippen LogP contribution in [0.15, 0.2) is 48.6 Å². The van der Waals surface area contributed by atoms with E-state index in [9.17, 15) is 14.2 Å². The lowest BCUT2D eigenvalue weighted by Gasteiger charge is -2.18. The maximum absolute atomic E-state index is 12.4. The quantitative estimate of drug-likeness (QED) is 0.0272. The van der Waals surface area contributed by atoms with Crippen LogP contribution >= 0.6 is 7.82 Å². The first kappa shape index (κ1) is 53.0. The summed E-state index contributed by atoms with van der Waals surface area (Å²) >= 11 is 0. The lowest BCUT2D eigenvalue weighted by molar-refractivity contribution is -0.161. The van der Waals surface area contributed by atoms with Gasteiger partial charge in [-0.05, 0) is 77.0 Å². The van der Waals surface area contributed by atoms with Gasteiger partial charge in [-0.2, -0.15) is 0 Å². The van der Waals surface area contributed by atoms with Crippen molar-refractivity contribution in [1.29, 1.82) is 0 Å². The minimum atomic E-state index is -4.76. The summed E-state index contributed by atoms with van der Waals surface area (Å²) in [6, 6.07) is 0. The van der Waals surface area contributed by atoms with Crippen LogP contribution in [-0.2, 0) is 28.2 Å². The summed E-state index contributed by atoms with van der Waals surface area (Å²) in [5.41, 5.74) is 0. The Kier molecular flexibility index (Phi) is 40.1. The molecule has 0 saturated heterocycles. The molecular weight excluding hydrogens is 711 g/mol. The van der Waals surface area contributed by atoms with Crippen molar-refractivity contribution in [3.05, 3.63) is 48.6 Å². The van der Waals surface area contributed by atoms with E-state index < -0.39 is 32.5 Å². The Morgan fingerprint density at radius 1 is 0.473 bits per heavy atom. The number of hydrogen-bond donors (Lipinski definition) is 2. The molecule has 0 aliphatic carbocycles. The Morgan fingerprint density at radius 2 is 0.818 bits per heavy atom. The van der Waals surface area contributed by atoms with Crippen LogP contribution in [0.25, 0.3) is 0 Å². The Labute approximate surface area is 337 Å². The molecule has 0 heterocycles. The Bertz CT molecular complexity index is 1030. The smallest absolute Gasteiger partial charge is 0.462 e. The maximum Gasteiger partial charge on any atom is 0.469 e. The fraction of sp³-hybridized carbons (Fsp3) is 0.783. The average Bonchev–Trinajstić information content (AvgIpc) is 3.16. The van der Waals surface area contributed by atoms with E-state index in [0.717, 1.165) is 70.6 Å². The number of phosphoric acid groups is 1. The minimum absolute atomic E-state index is 0.203. The summed E-state index contributed by atoms with van der Waals surface area (Å²) in [5, 5.41) is 0. The van der Waals surface area contributed by atoms with E-state index in [1.165, 1.54) is 103 Å². The van der Waals surface area contributed by atoms with E-state index in [4.69, 9.17) is 19.3 Å². The molecule has 8 nitrogen and oxygen atoms in total. The molecule has 0 aromatic rings. The van der Waals surface area contributed by atoms with Crippen LogP contribution in [-0.4, -0.2) is 41.0 Å². The topological polar surface area (TPSA) is 119 Å². The fourth-order valence-corrected chi connectivity index (χ4v) is 6.56. The molecule has 0 aliphatic heterocycles. The van der Waals surface area contributed by atoms with E-state index in [1.807, 2.05) is 0 Å². The van der Waals surface area contributed by atoms with Crippen molar-refractivity contribution in [3.63, 3.8) is 0 Å². The third-order valence-electron chi connectivity index (χ3n) is 9.57. The van der Waals surface area contributed by atoms with Gasteiger partial charge in [-0.1, -0.05) is 172 Å². The Balaban J connectivity index is 3.91. The number of esters is 2. The van der Waals surface area contributed by atoms with Crippen LogP contribution in [0.4, 0.5) is 0 Å². The molecule has 0 spiro atoms. The molecule has 0 amide bonds. The second-order valence-electron chi connectivity index (χ2n) is 15.0. The number of phosphoric ester groups is 1. The van der Waals surface area contributed by atoms with Gasteiger partial charge >= 0.3 is 19.8 Å². The number of ether oxygens (including phenoxy) is 2. The number of carbonyl (C=O) groups is 2. The molecular formula is C46H83O8P. The van der Waals surface area contributed by atoms with Crippen molar-refractivity contribution in [2.45, 2.75) is 219 Å². The predicted molar refractivity (Wildman–Crippen MR) is 230 cm³/mol. The second kappa shape index (κ2) is 41.6. The van der Waals surface area contributed by atoms with Gasteiger partial charge in [-0.15, -0.1) is 0 Å². The molecule has 0 aromatic heterocycles. The first-order valence-electron chi connectivity index (χ1n) is 22.4. The van der Waals surface area contributed by atoms with E-state index in [0.29, 0.717) is 12.8 Å². The zero-order chi connectivity index (χ0) is 40.3. The normalized spacial score (nSPS) is 12.9. The summed E-state index contributed by atoms with van der Waals surface area (Å²) in [6.07, 6.45) is 51.1. The van der Waals surface area contributed by atoms with Gasteiger partial charge in [0.15, 0.2) is 6.10 Å². The van der Waals surface area contributed by atoms with Gasteiger partial charge < -0.3 is 19.3 Å². The fourth-order valence-electron chi connectivity index (χ4n) is 6.20. The van der Waals surface area contributed by atoms with Gasteiger partial charge in [0.1, 0.15) is 6.61 Å². The molecule has 0 saturated carbocycles. The zero-order valence-electron chi connectivity index (χ0n) is 35.3. The monoisotopic (exact) mass is 795 g/mol. The Morgan fingerprint density at radius 3 is 1.22 bits per heavy atom. The second-order valence-corrected chi connectivity index (χ2v) is 16.3. The highest BCUT2D eigenvalue weighted by molar-refractivity contribution is 7.46. The number of allylic oxidation sites excluding steroid dienone is 8. The number of carbonyl (C=O) groups excluding carboxylic acids is 2. The summed E-state index contributed by atoms with van der Waals surface area (Å²) in [7, 11) is -4.76. The number of rotatable bonds is 41. The van der Waals surface area contributed by atoms with Crippen molar-refractivity contribution >= 4 is 19.8 Å². The van der Waals surface area contributed by atoms with Gasteiger partial charge in [0.05, 0.1) is 6.61 Å². The van der Waals surface area contributed by atoms with E-state index in [-0.39, 0.29) is 19.4 Å². The maximum atomic E-state index is 12.4. The van der Waals surface area contributed by atoms with Crippen LogP contribution in [0.5, 0.6) is 0 Å². The SMILES string of the molecule is CCCCCC/C=C\C/C=C\CCCCCCCC(=O)OCC(COP(=O)(O)O)OC(=O)CCCCCCCCCCC/C=C\C/C=C\CCCCCCC. The Hall–Kier alpha value is -1.99. The molecule has 0 bridgehead atoms. The highest BCUT2D eigenvalue weighted by Gasteiger charge is 2.22. The van der Waals surface area contributed by atoms with Gasteiger partial charge in [-0.3, -0.25) is 14.1 Å². The van der Waals surface area contributed by atoms with Crippen molar-refractivity contribution in [3.8, 4) is 0 Å². The molecule has 9 heteroatoms. The first-order valence-corrected chi connectivity index (χ1v) is 24.0. The summed E-state index contributed by atoms with van der Waals surface area (Å²) in [6.45, 7) is 3.65. The number of unbranched alkanes of at least 4 members (excludes halogenated alkanes) is 23. The summed E-state index contributed by atoms with van der Waals surface area (Å²) in [5.74, 6) is -0.903. The van der Waals surface area contributed by atoms with Crippen molar-refractivity contribution in [1.82, 2.24) is 0 Å². The van der Waals surface area contributed by atoms with Crippen LogP contribution in [0.3, 0.4) is 0 Å². The van der Waals surface area contributed by atoms with Crippen LogP contribution in [0, 0.1) is 0 Å². The third-order valence-corrected chi connectivity index (χ3v) is 10.1. The third kappa shape index (κ3) is 44.6. The molecule has 0 aliphatic rings. The van der Waals surface area contributed by atoms with Gasteiger partial charge in [0.25, 0.3) is 0 Å². The highest BCUT2D eigenvalue weighted by Crippen LogP contribution is 2.36. The van der Waals surface area contributed by atoms with Crippen LogP contribution in [0.2, 0.25) is 0 Å². The van der Waals surface area contributed by atoms with Crippen molar-refractivity contribution < 1.29 is 37.9 Å². The molecule has 320 valence electrons. The molecule has 0 radical (unpaired) electrons. The van der Waals surface area contributed by atoms with Crippen molar-refractivity contribution in [2.24, 2.45) is 0 Å². The predicted octanol–water partition coefficient (Wildman–Crippen LogP) is 13.9. The molecule has 1 unspecified atom stereocenters. The van der Waals surface area contributed by atoms with Gasteiger partial charge in [0.2, 0.25) is 0 Å². The van der Waals surface area contributed by atoms with Gasteiger partial charge in [-0.25, -0.2) is 4.57 Å². The lowest BCUT2D eigenvalue weighted by Crippen LogP contribution is -2.29. The summed E-state index contributed by atoms with van der Waals surface area (Å²) < 4.78 is 26.4. The van der Waals surface area contributed by atoms with E-state index in [1.54, 1.807) is 0 Å². The molecule has 0 rings (SSSR count). The largest absolute Gasteiger partial charge is 0.469 e. The average molecular weight is 795 g/mol. The molecule has 0 fully saturated rings. The molecule has 1 atom stereocenters. The molecule has 0 aromatic carbocycles. The van der Waals surface area contributed by atoms with Gasteiger partial charge in [0, 0.05) is 12.8 Å². The van der Waals surface area contributed by atoms with E-state index >= 15 is 0 Å². The van der Waals surface area contributed by atoms with Crippen LogP contribution < -0.4 is 0 Å². The molecule has 55 heavy (non-hydrogen) atoms. The molecule has 2 N–H and O–H groups in total. The summed E-state index contributed by atoms with van der Waals surface area (Å²) in [4.78, 5) is 42.9. The standard InChI is InChI=1S/C46H83O8P/c1-3-5-7-9-11-13-15-17-19-21-22-23-24-25-27-29-31-33-35-37-39-41-46(48)54-44(43-53-55(49,50)51)42-52-45(47)40-38-36-34-32-30-28-26-20-18-16-14-12-10-8-6-4-2/h14-17,20-22,26,44H,3-13,18-19,23-25,27-43H2,1-2H3,(H2,49,50,51)/b16-14-,17-15-,22-21-,26-20-. The van der Waals surface area contributed by atoms with Crippen LogP contribution in [0.1, 0.15) is 213 Å². The highest BCUT2D eigenvalue weighted by atomic mass is 31.2. The van der Waals surface area contributed by atoms with Crippen molar-refractivity contribution in [2.75, 3.05) is 13.2 Å².